The molecule has 0 radical (unpaired) electrons. The number of ether oxygens (including phenoxy) is 2. The Bertz CT molecular complexity index is 1320. The SMILES string of the molecule is CCC(C)OC(F)(F)C(F)(F)C(F)(F)C(F)(F)C(F)(F)C(F)(F)S(=O)(=O)O.CCC(C)OC(F)(F)C(F)(F)C(F)(F)C(F)(F)S(=O)(=O)O. The van der Waals surface area contributed by atoms with E-state index in [4.69, 9.17) is 9.11 Å². The molecule has 0 aliphatic carbocycles. The zero-order valence-corrected chi connectivity index (χ0v) is 24.9. The van der Waals surface area contributed by atoms with Crippen molar-refractivity contribution in [1.82, 2.24) is 0 Å². The lowest BCUT2D eigenvalue weighted by molar-refractivity contribution is -0.457. The number of halogens is 20. The van der Waals surface area contributed by atoms with E-state index < -0.39 is 97.1 Å². The van der Waals surface area contributed by atoms with Crippen molar-refractivity contribution in [1.29, 1.82) is 0 Å². The van der Waals surface area contributed by atoms with Gasteiger partial charge >= 0.3 is 78.5 Å². The Morgan fingerprint density at radius 1 is 0.438 bits per heavy atom. The standard InChI is InChI=1S/C10H10F12O4S.C8H10F8O4S/c1-3-4(2)26-9(19,20)7(15,16)5(11,12)6(13,14)8(17,18)10(21,22)27(23,24)25;1-3-4(2)20-7(13,14)5(9,10)6(11,12)8(15,16)21(17,18)19/h4H,3H2,1-2H3,(H,23,24,25);4H,3H2,1-2H3,(H,17,18,19). The molecule has 0 aromatic rings. The molecule has 0 aliphatic rings. The minimum atomic E-state index is -8.11. The number of hydrogen-bond donors (Lipinski definition) is 2. The molecule has 0 aromatic carbocycles. The van der Waals surface area contributed by atoms with Gasteiger partial charge in [0.15, 0.2) is 0 Å². The third-order valence-corrected chi connectivity index (χ3v) is 7.34. The summed E-state index contributed by atoms with van der Waals surface area (Å²) in [6.07, 6.45) is -17.3. The Morgan fingerprint density at radius 2 is 0.625 bits per heavy atom. The van der Waals surface area contributed by atoms with Gasteiger partial charge in [-0.1, -0.05) is 13.8 Å². The number of rotatable bonds is 16. The quantitative estimate of drug-likeness (QED) is 0.121. The van der Waals surface area contributed by atoms with E-state index in [1.165, 1.54) is 0 Å². The Morgan fingerprint density at radius 3 is 0.833 bits per heavy atom. The summed E-state index contributed by atoms with van der Waals surface area (Å²) in [4.78, 5) is 0. The highest BCUT2D eigenvalue weighted by Gasteiger charge is 2.92. The van der Waals surface area contributed by atoms with Gasteiger partial charge in [0.1, 0.15) is 0 Å². The van der Waals surface area contributed by atoms with E-state index in [9.17, 15) is 105 Å². The summed E-state index contributed by atoms with van der Waals surface area (Å²) in [7, 11) is -14.7. The van der Waals surface area contributed by atoms with Crippen molar-refractivity contribution >= 4 is 20.2 Å². The first-order chi connectivity index (χ1) is 20.4. The number of alkyl halides is 20. The molecule has 2 N–H and O–H groups in total. The number of hydrogen-bond acceptors (Lipinski definition) is 6. The second-order valence-corrected chi connectivity index (χ2v) is 12.1. The van der Waals surface area contributed by atoms with Crippen molar-refractivity contribution in [3.8, 4) is 0 Å². The van der Waals surface area contributed by atoms with E-state index in [0.717, 1.165) is 20.8 Å². The molecule has 0 rings (SSSR count). The van der Waals surface area contributed by atoms with Gasteiger partial charge in [-0.15, -0.1) is 0 Å². The zero-order valence-electron chi connectivity index (χ0n) is 23.3. The lowest BCUT2D eigenvalue weighted by Gasteiger charge is -2.40. The average molecular weight is 808 g/mol. The van der Waals surface area contributed by atoms with Crippen LogP contribution >= 0.6 is 0 Å². The first-order valence-corrected chi connectivity index (χ1v) is 14.4. The maximum Gasteiger partial charge on any atom is 0.438 e. The minimum Gasteiger partial charge on any atom is -0.312 e. The average Bonchev–Trinajstić information content (AvgIpc) is 2.86. The molecular formula is C18H20F20O8S2. The van der Waals surface area contributed by atoms with E-state index in [1.54, 1.807) is 0 Å². The topological polar surface area (TPSA) is 127 Å². The predicted octanol–water partition coefficient (Wildman–Crippen LogP) is 7.56. The van der Waals surface area contributed by atoms with Crippen molar-refractivity contribution in [3.05, 3.63) is 0 Å². The van der Waals surface area contributed by atoms with Crippen molar-refractivity contribution in [2.24, 2.45) is 0 Å². The van der Waals surface area contributed by atoms with Crippen LogP contribution in [-0.2, 0) is 29.7 Å². The molecule has 0 aromatic heterocycles. The minimum absolute atomic E-state index is 0.355. The second-order valence-electron chi connectivity index (χ2n) is 9.14. The van der Waals surface area contributed by atoms with Gasteiger partial charge in [0.25, 0.3) is 0 Å². The van der Waals surface area contributed by atoms with E-state index >= 15 is 0 Å². The Balaban J connectivity index is 0. The fourth-order valence-corrected chi connectivity index (χ4v) is 3.17. The van der Waals surface area contributed by atoms with Gasteiger partial charge < -0.3 is 9.47 Å². The second kappa shape index (κ2) is 13.8. The van der Waals surface area contributed by atoms with E-state index in [0.29, 0.717) is 6.92 Å². The van der Waals surface area contributed by atoms with E-state index in [-0.39, 0.29) is 6.42 Å². The van der Waals surface area contributed by atoms with Crippen LogP contribution in [0.3, 0.4) is 0 Å². The Kier molecular flexibility index (Phi) is 13.9. The van der Waals surface area contributed by atoms with Crippen LogP contribution < -0.4 is 0 Å². The molecule has 2 atom stereocenters. The van der Waals surface area contributed by atoms with Gasteiger partial charge in [0, 0.05) is 0 Å². The molecule has 0 fully saturated rings. The highest BCUT2D eigenvalue weighted by Crippen LogP contribution is 2.61. The smallest absolute Gasteiger partial charge is 0.312 e. The molecular weight excluding hydrogens is 788 g/mol. The van der Waals surface area contributed by atoms with Crippen LogP contribution in [-0.4, -0.2) is 96.4 Å². The predicted molar refractivity (Wildman–Crippen MR) is 114 cm³/mol. The van der Waals surface area contributed by atoms with Gasteiger partial charge in [-0.3, -0.25) is 9.11 Å². The summed E-state index contributed by atoms with van der Waals surface area (Å²) in [5.41, 5.74) is 0. The van der Waals surface area contributed by atoms with Crippen LogP contribution in [0.15, 0.2) is 0 Å². The monoisotopic (exact) mass is 808 g/mol. The summed E-state index contributed by atoms with van der Waals surface area (Å²) >= 11 is 0. The molecule has 8 nitrogen and oxygen atoms in total. The largest absolute Gasteiger partial charge is 0.438 e. The molecule has 0 saturated heterocycles. The molecule has 48 heavy (non-hydrogen) atoms. The lowest BCUT2D eigenvalue weighted by atomic mass is 9.97. The van der Waals surface area contributed by atoms with Crippen LogP contribution in [0.4, 0.5) is 87.8 Å². The third-order valence-electron chi connectivity index (χ3n) is 5.54. The Hall–Kier alpha value is -1.66. The highest BCUT2D eigenvalue weighted by molar-refractivity contribution is 7.87. The molecule has 0 bridgehead atoms. The molecule has 2 unspecified atom stereocenters. The van der Waals surface area contributed by atoms with Gasteiger partial charge in [-0.05, 0) is 26.7 Å². The van der Waals surface area contributed by atoms with Crippen LogP contribution in [0.25, 0.3) is 0 Å². The summed E-state index contributed by atoms with van der Waals surface area (Å²) in [6.45, 7) is 3.46. The van der Waals surface area contributed by atoms with E-state index in [1.807, 2.05) is 0 Å². The van der Waals surface area contributed by atoms with Crippen LogP contribution in [0, 0.1) is 0 Å². The van der Waals surface area contributed by atoms with Crippen molar-refractivity contribution in [2.75, 3.05) is 0 Å². The van der Waals surface area contributed by atoms with Crippen LogP contribution in [0.2, 0.25) is 0 Å². The van der Waals surface area contributed by atoms with Crippen molar-refractivity contribution in [2.45, 2.75) is 111 Å². The van der Waals surface area contributed by atoms with Crippen molar-refractivity contribution in [3.63, 3.8) is 0 Å². The molecule has 30 heteroatoms. The first-order valence-electron chi connectivity index (χ1n) is 11.5. The fraction of sp³-hybridized carbons (Fsp3) is 1.00. The molecule has 0 saturated carbocycles. The van der Waals surface area contributed by atoms with Gasteiger partial charge in [0.2, 0.25) is 0 Å². The molecule has 0 aliphatic heterocycles. The van der Waals surface area contributed by atoms with Crippen LogP contribution in [0.5, 0.6) is 0 Å². The van der Waals surface area contributed by atoms with Gasteiger partial charge in [-0.2, -0.15) is 105 Å². The maximum absolute atomic E-state index is 13.3. The van der Waals surface area contributed by atoms with Gasteiger partial charge in [-0.25, -0.2) is 0 Å². The molecule has 0 heterocycles. The summed E-state index contributed by atoms with van der Waals surface area (Å²) in [5.74, 6) is -45.6. The maximum atomic E-state index is 13.3. The zero-order chi connectivity index (χ0) is 40.0. The van der Waals surface area contributed by atoms with Crippen molar-refractivity contribution < 1.29 is 123 Å². The molecule has 0 amide bonds. The molecule has 292 valence electrons. The highest BCUT2D eigenvalue weighted by atomic mass is 32.2. The Labute approximate surface area is 255 Å². The fourth-order valence-electron chi connectivity index (χ4n) is 2.27. The normalized spacial score (nSPS) is 17.0. The summed E-state index contributed by atoms with van der Waals surface area (Å²) in [6, 6.07) is 0. The summed E-state index contributed by atoms with van der Waals surface area (Å²) in [5, 5.41) is -14.3. The lowest BCUT2D eigenvalue weighted by Crippen LogP contribution is -2.72. The van der Waals surface area contributed by atoms with E-state index in [2.05, 4.69) is 9.47 Å². The third kappa shape index (κ3) is 7.95. The van der Waals surface area contributed by atoms with Gasteiger partial charge in [0.05, 0.1) is 12.2 Å². The van der Waals surface area contributed by atoms with Crippen LogP contribution in [0.1, 0.15) is 40.5 Å². The summed E-state index contributed by atoms with van der Waals surface area (Å²) < 4.78 is 323. The molecule has 0 spiro atoms. The first kappa shape index (κ1) is 48.5.